The predicted molar refractivity (Wildman–Crippen MR) is 56.5 cm³/mol. The van der Waals surface area contributed by atoms with Gasteiger partial charge in [0.15, 0.2) is 0 Å². The maximum atomic E-state index is 11.4. The topological polar surface area (TPSA) is 51.5 Å². The lowest BCUT2D eigenvalue weighted by atomic mass is 10.2. The highest BCUT2D eigenvalue weighted by Crippen LogP contribution is 2.13. The molecule has 0 spiro atoms. The summed E-state index contributed by atoms with van der Waals surface area (Å²) in [5.74, 6) is 0.709. The van der Waals surface area contributed by atoms with Gasteiger partial charge in [0.2, 0.25) is 0 Å². The van der Waals surface area contributed by atoms with E-state index in [1.165, 1.54) is 0 Å². The van der Waals surface area contributed by atoms with Gasteiger partial charge in [-0.2, -0.15) is 0 Å². The van der Waals surface area contributed by atoms with Crippen LogP contribution in [0.15, 0.2) is 22.8 Å². The van der Waals surface area contributed by atoms with E-state index in [-0.39, 0.29) is 6.04 Å². The Kier molecular flexibility index (Phi) is 3.39. The molecule has 0 bridgehead atoms. The summed E-state index contributed by atoms with van der Waals surface area (Å²) in [7, 11) is 0. The number of furan rings is 1. The number of carbonyl (C=O) groups excluding carboxylic acids is 1. The van der Waals surface area contributed by atoms with Gasteiger partial charge in [-0.15, -0.1) is 0 Å². The first-order valence-electron chi connectivity index (χ1n) is 4.91. The third-order valence-electron chi connectivity index (χ3n) is 1.70. The van der Waals surface area contributed by atoms with Crippen molar-refractivity contribution in [3.05, 3.63) is 24.2 Å². The molecule has 1 rings (SSSR count). The van der Waals surface area contributed by atoms with Crippen molar-refractivity contribution in [1.82, 2.24) is 5.32 Å². The summed E-state index contributed by atoms with van der Waals surface area (Å²) >= 11 is 0. The van der Waals surface area contributed by atoms with E-state index in [4.69, 9.17) is 9.15 Å². The zero-order valence-corrected chi connectivity index (χ0v) is 9.53. The first-order chi connectivity index (χ1) is 6.88. The van der Waals surface area contributed by atoms with Crippen LogP contribution in [-0.2, 0) is 4.74 Å². The average molecular weight is 211 g/mol. The van der Waals surface area contributed by atoms with E-state index in [1.807, 2.05) is 33.8 Å². The van der Waals surface area contributed by atoms with Crippen LogP contribution in [-0.4, -0.2) is 11.7 Å². The van der Waals surface area contributed by atoms with Crippen LogP contribution in [0.1, 0.15) is 39.5 Å². The minimum atomic E-state index is -0.479. The van der Waals surface area contributed by atoms with E-state index < -0.39 is 11.7 Å². The van der Waals surface area contributed by atoms with Gasteiger partial charge in [-0.25, -0.2) is 4.79 Å². The minimum absolute atomic E-state index is 0.185. The van der Waals surface area contributed by atoms with Crippen molar-refractivity contribution >= 4 is 6.09 Å². The largest absolute Gasteiger partial charge is 0.467 e. The Morgan fingerprint density at radius 1 is 1.53 bits per heavy atom. The molecule has 0 aliphatic carbocycles. The van der Waals surface area contributed by atoms with Crippen LogP contribution in [0.3, 0.4) is 0 Å². The zero-order chi connectivity index (χ0) is 11.5. The molecule has 84 valence electrons. The van der Waals surface area contributed by atoms with E-state index >= 15 is 0 Å². The van der Waals surface area contributed by atoms with Crippen LogP contribution in [0.25, 0.3) is 0 Å². The fourth-order valence-corrected chi connectivity index (χ4v) is 1.09. The Labute approximate surface area is 89.6 Å². The molecule has 1 N–H and O–H groups in total. The molecule has 1 atom stereocenters. The summed E-state index contributed by atoms with van der Waals surface area (Å²) in [6.07, 6.45) is 1.13. The van der Waals surface area contributed by atoms with Gasteiger partial charge in [0.1, 0.15) is 11.4 Å². The molecule has 1 aromatic rings. The lowest BCUT2D eigenvalue weighted by Crippen LogP contribution is -2.33. The molecule has 0 fully saturated rings. The van der Waals surface area contributed by atoms with Crippen molar-refractivity contribution in [1.29, 1.82) is 0 Å². The van der Waals surface area contributed by atoms with Crippen molar-refractivity contribution in [2.45, 2.75) is 39.3 Å². The first-order valence-corrected chi connectivity index (χ1v) is 4.91. The summed E-state index contributed by atoms with van der Waals surface area (Å²) in [6.45, 7) is 7.31. The summed E-state index contributed by atoms with van der Waals surface area (Å²) in [4.78, 5) is 11.4. The van der Waals surface area contributed by atoms with Gasteiger partial charge in [-0.05, 0) is 39.8 Å². The zero-order valence-electron chi connectivity index (χ0n) is 9.53. The van der Waals surface area contributed by atoms with Crippen molar-refractivity contribution in [2.24, 2.45) is 0 Å². The first kappa shape index (κ1) is 11.6. The molecule has 0 saturated heterocycles. The summed E-state index contributed by atoms with van der Waals surface area (Å²) in [5.41, 5.74) is -0.479. The van der Waals surface area contributed by atoms with Crippen LogP contribution in [0.2, 0.25) is 0 Å². The summed E-state index contributed by atoms with van der Waals surface area (Å²) in [5, 5.41) is 2.68. The fourth-order valence-electron chi connectivity index (χ4n) is 1.09. The summed E-state index contributed by atoms with van der Waals surface area (Å²) in [6, 6.07) is 3.40. The third kappa shape index (κ3) is 4.06. The molecule has 15 heavy (non-hydrogen) atoms. The molecule has 0 aliphatic rings. The fraction of sp³-hybridized carbons (Fsp3) is 0.545. The Morgan fingerprint density at radius 3 is 2.67 bits per heavy atom. The monoisotopic (exact) mass is 211 g/mol. The number of ether oxygens (including phenoxy) is 1. The number of hydrogen-bond donors (Lipinski definition) is 1. The van der Waals surface area contributed by atoms with Crippen LogP contribution < -0.4 is 5.32 Å². The van der Waals surface area contributed by atoms with Gasteiger partial charge < -0.3 is 14.5 Å². The number of hydrogen-bond acceptors (Lipinski definition) is 3. The molecule has 0 aliphatic heterocycles. The van der Waals surface area contributed by atoms with Crippen molar-refractivity contribution in [3.63, 3.8) is 0 Å². The number of rotatable bonds is 2. The molecule has 0 radical (unpaired) electrons. The van der Waals surface area contributed by atoms with Crippen molar-refractivity contribution in [2.75, 3.05) is 0 Å². The minimum Gasteiger partial charge on any atom is -0.467 e. The number of nitrogens with one attached hydrogen (secondary N) is 1. The number of carbonyl (C=O) groups is 1. The Hall–Kier alpha value is -1.45. The second-order valence-corrected chi connectivity index (χ2v) is 4.38. The molecule has 0 saturated carbocycles. The predicted octanol–water partition coefficient (Wildman–Crippen LogP) is 2.87. The van der Waals surface area contributed by atoms with E-state index in [0.29, 0.717) is 5.76 Å². The van der Waals surface area contributed by atoms with Crippen molar-refractivity contribution < 1.29 is 13.9 Å². The highest BCUT2D eigenvalue weighted by atomic mass is 16.6. The number of alkyl carbamates (subject to hydrolysis) is 1. The molecule has 1 heterocycles. The molecular formula is C11H17NO3. The Bertz CT molecular complexity index is 311. The highest BCUT2D eigenvalue weighted by molar-refractivity contribution is 5.68. The lowest BCUT2D eigenvalue weighted by Gasteiger charge is -2.21. The Balaban J connectivity index is 2.45. The SMILES string of the molecule is CC(NC(=O)OC(C)(C)C)c1ccco1. The smallest absolute Gasteiger partial charge is 0.408 e. The second-order valence-electron chi connectivity index (χ2n) is 4.38. The van der Waals surface area contributed by atoms with Gasteiger partial charge in [-0.1, -0.05) is 0 Å². The molecule has 4 heteroatoms. The van der Waals surface area contributed by atoms with Gasteiger partial charge in [0.05, 0.1) is 12.3 Å². The van der Waals surface area contributed by atoms with Crippen LogP contribution >= 0.6 is 0 Å². The molecule has 1 amide bonds. The standard InChI is InChI=1S/C11H17NO3/c1-8(9-6-5-7-14-9)12-10(13)15-11(2,3)4/h5-8H,1-4H3,(H,12,13). The molecule has 4 nitrogen and oxygen atoms in total. The maximum absolute atomic E-state index is 11.4. The van der Waals surface area contributed by atoms with E-state index in [2.05, 4.69) is 5.32 Å². The van der Waals surface area contributed by atoms with E-state index in [0.717, 1.165) is 0 Å². The van der Waals surface area contributed by atoms with Gasteiger partial charge in [0.25, 0.3) is 0 Å². The quantitative estimate of drug-likeness (QED) is 0.818. The Morgan fingerprint density at radius 2 is 2.20 bits per heavy atom. The third-order valence-corrected chi connectivity index (χ3v) is 1.70. The van der Waals surface area contributed by atoms with Crippen LogP contribution in [0.5, 0.6) is 0 Å². The highest BCUT2D eigenvalue weighted by Gasteiger charge is 2.18. The van der Waals surface area contributed by atoms with Crippen LogP contribution in [0.4, 0.5) is 4.79 Å². The molecule has 1 aromatic heterocycles. The van der Waals surface area contributed by atoms with Crippen molar-refractivity contribution in [3.8, 4) is 0 Å². The van der Waals surface area contributed by atoms with Gasteiger partial charge in [0, 0.05) is 0 Å². The second kappa shape index (κ2) is 4.38. The normalized spacial score (nSPS) is 13.3. The van der Waals surface area contributed by atoms with Gasteiger partial charge in [-0.3, -0.25) is 0 Å². The molecule has 1 unspecified atom stereocenters. The van der Waals surface area contributed by atoms with E-state index in [9.17, 15) is 4.79 Å². The molecule has 0 aromatic carbocycles. The summed E-state index contributed by atoms with van der Waals surface area (Å²) < 4.78 is 10.3. The molecular weight excluding hydrogens is 194 g/mol. The van der Waals surface area contributed by atoms with E-state index in [1.54, 1.807) is 12.3 Å². The maximum Gasteiger partial charge on any atom is 0.408 e. The van der Waals surface area contributed by atoms with Gasteiger partial charge >= 0.3 is 6.09 Å². The average Bonchev–Trinajstić information content (AvgIpc) is 2.50. The lowest BCUT2D eigenvalue weighted by molar-refractivity contribution is 0.0502. The number of amides is 1. The van der Waals surface area contributed by atoms with Crippen LogP contribution in [0, 0.1) is 0 Å².